The number of hydrogen-bond donors (Lipinski definition) is 4. The van der Waals surface area contributed by atoms with E-state index in [1.165, 1.54) is 19.3 Å². The van der Waals surface area contributed by atoms with Crippen LogP contribution in [0.3, 0.4) is 0 Å². The Morgan fingerprint density at radius 2 is 1.86 bits per heavy atom. The summed E-state index contributed by atoms with van der Waals surface area (Å²) in [5, 5.41) is 20.7. The average Bonchev–Trinajstić information content (AvgIpc) is 3.46. The molecule has 0 bridgehead atoms. The summed E-state index contributed by atoms with van der Waals surface area (Å²) in [5.41, 5.74) is 3.87. The molecule has 0 radical (unpaired) electrons. The summed E-state index contributed by atoms with van der Waals surface area (Å²) in [6, 6.07) is 16.5. The topological polar surface area (TPSA) is 123 Å². The van der Waals surface area contributed by atoms with Crippen molar-refractivity contribution in [1.29, 1.82) is 0 Å². The van der Waals surface area contributed by atoms with Crippen LogP contribution in [-0.2, 0) is 4.79 Å². The second kappa shape index (κ2) is 13.0. The Labute approximate surface area is 244 Å². The number of hydrogen-bond acceptors (Lipinski definition) is 9. The number of carbonyl (C=O) groups is 1. The van der Waals surface area contributed by atoms with Crippen LogP contribution in [-0.4, -0.2) is 49.6 Å². The number of aromatic nitrogens is 1. The highest BCUT2D eigenvalue weighted by atomic mass is 16.7. The summed E-state index contributed by atoms with van der Waals surface area (Å²) >= 11 is 0. The summed E-state index contributed by atoms with van der Waals surface area (Å²) in [4.78, 5) is 17.3. The average molecular weight is 571 g/mol. The summed E-state index contributed by atoms with van der Waals surface area (Å²) in [6.07, 6.45) is 6.62. The molecule has 1 aliphatic heterocycles. The number of carbonyl (C=O) groups excluding carboxylic acids is 1. The fourth-order valence-electron chi connectivity index (χ4n) is 4.70. The van der Waals surface area contributed by atoms with Gasteiger partial charge in [-0.1, -0.05) is 12.1 Å². The van der Waals surface area contributed by atoms with Crippen molar-refractivity contribution in [3.8, 4) is 28.7 Å². The Hall–Kier alpha value is -5.12. The van der Waals surface area contributed by atoms with Gasteiger partial charge < -0.3 is 40.0 Å². The van der Waals surface area contributed by atoms with E-state index in [-0.39, 0.29) is 24.5 Å². The van der Waals surface area contributed by atoms with Gasteiger partial charge in [0.2, 0.25) is 12.7 Å². The van der Waals surface area contributed by atoms with E-state index in [1.807, 2.05) is 30.3 Å². The number of phenols is 1. The van der Waals surface area contributed by atoms with Gasteiger partial charge in [-0.15, -0.1) is 0 Å². The van der Waals surface area contributed by atoms with Crippen molar-refractivity contribution < 1.29 is 28.8 Å². The van der Waals surface area contributed by atoms with E-state index in [4.69, 9.17) is 18.9 Å². The summed E-state index contributed by atoms with van der Waals surface area (Å²) in [6.45, 7) is 2.94. The number of benzene rings is 3. The SMILES string of the molecule is COc1cc(NC(C)CCCNc2cc3c(cc2NC(=O)/C=C/c2ccc(O)c(OC)c2)OCO3)c2ncccc2c1. The van der Waals surface area contributed by atoms with Crippen LogP contribution in [0.4, 0.5) is 17.1 Å². The van der Waals surface area contributed by atoms with Gasteiger partial charge in [0.1, 0.15) is 5.75 Å². The minimum Gasteiger partial charge on any atom is -0.504 e. The van der Waals surface area contributed by atoms with Crippen molar-refractivity contribution in [2.24, 2.45) is 0 Å². The van der Waals surface area contributed by atoms with Crippen molar-refractivity contribution in [2.75, 3.05) is 43.5 Å². The first kappa shape index (κ1) is 28.4. The van der Waals surface area contributed by atoms with Gasteiger partial charge in [0.15, 0.2) is 23.0 Å². The lowest BCUT2D eigenvalue weighted by atomic mass is 10.1. The van der Waals surface area contributed by atoms with Crippen molar-refractivity contribution in [3.63, 3.8) is 0 Å². The minimum atomic E-state index is -0.319. The maximum atomic E-state index is 12.8. The lowest BCUT2D eigenvalue weighted by Crippen LogP contribution is -2.17. The number of nitrogens with one attached hydrogen (secondary N) is 3. The quantitative estimate of drug-likeness (QED) is 0.119. The molecule has 3 aromatic carbocycles. The fourth-order valence-corrected chi connectivity index (χ4v) is 4.70. The number of anilines is 3. The summed E-state index contributed by atoms with van der Waals surface area (Å²) in [5.74, 6) is 2.02. The molecule has 4 N–H and O–H groups in total. The van der Waals surface area contributed by atoms with E-state index in [0.29, 0.717) is 35.0 Å². The predicted molar refractivity (Wildman–Crippen MR) is 164 cm³/mol. The first-order valence-corrected chi connectivity index (χ1v) is 13.7. The van der Waals surface area contributed by atoms with Crippen LogP contribution < -0.4 is 34.9 Å². The summed E-state index contributed by atoms with van der Waals surface area (Å²) < 4.78 is 21.7. The zero-order valence-electron chi connectivity index (χ0n) is 23.8. The molecular weight excluding hydrogens is 536 g/mol. The molecule has 218 valence electrons. The number of aromatic hydroxyl groups is 1. The second-order valence-electron chi connectivity index (χ2n) is 9.87. The number of fused-ring (bicyclic) bond motifs is 2. The molecule has 0 saturated carbocycles. The molecule has 2 heterocycles. The van der Waals surface area contributed by atoms with Gasteiger partial charge in [-0.05, 0) is 55.7 Å². The number of nitrogens with zero attached hydrogens (tertiary/aromatic N) is 1. The molecule has 1 aliphatic rings. The van der Waals surface area contributed by atoms with E-state index in [1.54, 1.807) is 37.6 Å². The predicted octanol–water partition coefficient (Wildman–Crippen LogP) is 6.03. The molecule has 1 amide bonds. The van der Waals surface area contributed by atoms with Gasteiger partial charge in [-0.3, -0.25) is 9.78 Å². The van der Waals surface area contributed by atoms with E-state index >= 15 is 0 Å². The van der Waals surface area contributed by atoms with Gasteiger partial charge in [0.25, 0.3) is 0 Å². The molecule has 0 saturated heterocycles. The zero-order valence-corrected chi connectivity index (χ0v) is 23.8. The van der Waals surface area contributed by atoms with Crippen LogP contribution >= 0.6 is 0 Å². The van der Waals surface area contributed by atoms with Crippen molar-refractivity contribution in [3.05, 3.63) is 72.4 Å². The number of pyridine rings is 1. The Bertz CT molecular complexity index is 1610. The molecule has 1 atom stereocenters. The van der Waals surface area contributed by atoms with E-state index in [9.17, 15) is 9.90 Å². The third-order valence-corrected chi connectivity index (χ3v) is 6.85. The van der Waals surface area contributed by atoms with Crippen LogP contribution in [0.25, 0.3) is 17.0 Å². The maximum absolute atomic E-state index is 12.8. The van der Waals surface area contributed by atoms with Gasteiger partial charge in [0, 0.05) is 48.4 Å². The maximum Gasteiger partial charge on any atom is 0.248 e. The number of amides is 1. The van der Waals surface area contributed by atoms with E-state index in [0.717, 1.165) is 40.9 Å². The van der Waals surface area contributed by atoms with Crippen molar-refractivity contribution >= 4 is 39.9 Å². The minimum absolute atomic E-state index is 0.0335. The molecule has 0 spiro atoms. The molecule has 1 aromatic heterocycles. The molecule has 5 rings (SSSR count). The lowest BCUT2D eigenvalue weighted by molar-refractivity contribution is -0.111. The molecular formula is C32H34N4O6. The van der Waals surface area contributed by atoms with E-state index < -0.39 is 0 Å². The molecule has 42 heavy (non-hydrogen) atoms. The fraction of sp³-hybridized carbons (Fsp3) is 0.250. The zero-order chi connectivity index (χ0) is 29.5. The number of phenolic OH excluding ortho intramolecular Hbond substituents is 1. The first-order chi connectivity index (χ1) is 20.4. The number of rotatable bonds is 12. The van der Waals surface area contributed by atoms with Gasteiger partial charge in [-0.25, -0.2) is 0 Å². The Morgan fingerprint density at radius 3 is 2.64 bits per heavy atom. The monoisotopic (exact) mass is 570 g/mol. The smallest absolute Gasteiger partial charge is 0.248 e. The Kier molecular flexibility index (Phi) is 8.81. The normalized spacial score (nSPS) is 12.7. The highest BCUT2D eigenvalue weighted by Crippen LogP contribution is 2.40. The first-order valence-electron chi connectivity index (χ1n) is 13.7. The second-order valence-corrected chi connectivity index (χ2v) is 9.87. The van der Waals surface area contributed by atoms with E-state index in [2.05, 4.69) is 27.9 Å². The van der Waals surface area contributed by atoms with Gasteiger partial charge in [0.05, 0.1) is 36.8 Å². The highest BCUT2D eigenvalue weighted by molar-refractivity contribution is 6.04. The number of ether oxygens (including phenoxy) is 4. The van der Waals surface area contributed by atoms with Crippen LogP contribution in [0, 0.1) is 0 Å². The molecule has 1 unspecified atom stereocenters. The van der Waals surface area contributed by atoms with Gasteiger partial charge in [-0.2, -0.15) is 0 Å². The summed E-state index contributed by atoms with van der Waals surface area (Å²) in [7, 11) is 3.13. The van der Waals surface area contributed by atoms with Crippen molar-refractivity contribution in [1.82, 2.24) is 4.98 Å². The Balaban J connectivity index is 1.20. The third-order valence-electron chi connectivity index (χ3n) is 6.85. The van der Waals surface area contributed by atoms with Crippen molar-refractivity contribution in [2.45, 2.75) is 25.8 Å². The molecule has 10 heteroatoms. The third kappa shape index (κ3) is 6.77. The highest BCUT2D eigenvalue weighted by Gasteiger charge is 2.18. The van der Waals surface area contributed by atoms with Crippen LogP contribution in [0.2, 0.25) is 0 Å². The van der Waals surface area contributed by atoms with Crippen LogP contribution in [0.1, 0.15) is 25.3 Å². The molecule has 0 aliphatic carbocycles. The standard InChI is InChI=1S/C32H34N4O6/c1-20(35-26-16-23(39-2)15-22-7-5-13-34-32(22)26)6-4-12-33-24-17-29-30(42-19-41-29)18-25(24)36-31(38)11-9-21-8-10-27(37)28(14-21)40-3/h5,7-11,13-18,20,33,35,37H,4,6,12,19H2,1-3H3,(H,36,38)/b11-9+. The number of methoxy groups -OCH3 is 2. The Morgan fingerprint density at radius 1 is 1.05 bits per heavy atom. The largest absolute Gasteiger partial charge is 0.504 e. The molecule has 10 nitrogen and oxygen atoms in total. The molecule has 4 aromatic rings. The van der Waals surface area contributed by atoms with Gasteiger partial charge >= 0.3 is 0 Å². The van der Waals surface area contributed by atoms with Crippen LogP contribution in [0.15, 0.2) is 66.9 Å². The lowest BCUT2D eigenvalue weighted by Gasteiger charge is -2.18. The van der Waals surface area contributed by atoms with Crippen LogP contribution in [0.5, 0.6) is 28.7 Å². The molecule has 0 fully saturated rings.